The molecule has 3 nitrogen and oxygen atoms in total. The molecule has 1 aromatic heterocycles. The van der Waals surface area contributed by atoms with Crippen molar-refractivity contribution in [2.75, 3.05) is 11.5 Å². The van der Waals surface area contributed by atoms with Crippen molar-refractivity contribution in [2.45, 2.75) is 6.43 Å². The number of nitrogens with zero attached hydrogens (tertiary/aromatic N) is 1. The van der Waals surface area contributed by atoms with Crippen molar-refractivity contribution in [2.24, 2.45) is 0 Å². The highest BCUT2D eigenvalue weighted by molar-refractivity contribution is 5.63. The third-order valence-corrected chi connectivity index (χ3v) is 1.36. The van der Waals surface area contributed by atoms with Crippen molar-refractivity contribution in [3.05, 3.63) is 17.6 Å². The number of nitrogens with two attached hydrogens (primary N) is 2. The lowest BCUT2D eigenvalue weighted by Gasteiger charge is -2.06. The first kappa shape index (κ1) is 8.63. The maximum absolute atomic E-state index is 12.6. The summed E-state index contributed by atoms with van der Waals surface area (Å²) in [4.78, 5) is 3.27. The lowest BCUT2D eigenvalue weighted by Crippen LogP contribution is -2.05. The van der Waals surface area contributed by atoms with Crippen molar-refractivity contribution >= 4 is 11.5 Å². The molecule has 0 bridgehead atoms. The fourth-order valence-corrected chi connectivity index (χ4v) is 0.754. The van der Waals surface area contributed by atoms with Crippen LogP contribution in [0.5, 0.6) is 0 Å². The maximum atomic E-state index is 12.6. The van der Waals surface area contributed by atoms with E-state index in [2.05, 4.69) is 4.98 Å². The molecule has 0 saturated heterocycles. The fourth-order valence-electron chi connectivity index (χ4n) is 0.754. The second-order valence-electron chi connectivity index (χ2n) is 2.12. The van der Waals surface area contributed by atoms with Crippen LogP contribution in [0.15, 0.2) is 6.20 Å². The van der Waals surface area contributed by atoms with Gasteiger partial charge in [0.1, 0.15) is 5.82 Å². The van der Waals surface area contributed by atoms with Gasteiger partial charge in [-0.1, -0.05) is 0 Å². The SMILES string of the molecule is Nc1ncc(F)c(C(F)F)c1N. The predicted octanol–water partition coefficient (Wildman–Crippen LogP) is 1.32. The van der Waals surface area contributed by atoms with Crippen molar-refractivity contribution in [1.29, 1.82) is 0 Å². The average molecular weight is 177 g/mol. The Morgan fingerprint density at radius 2 is 1.92 bits per heavy atom. The maximum Gasteiger partial charge on any atom is 0.268 e. The molecule has 0 saturated carbocycles. The molecule has 0 aliphatic rings. The van der Waals surface area contributed by atoms with Gasteiger partial charge in [0.25, 0.3) is 6.43 Å². The van der Waals surface area contributed by atoms with Gasteiger partial charge in [0.05, 0.1) is 17.4 Å². The molecule has 66 valence electrons. The van der Waals surface area contributed by atoms with E-state index in [0.717, 1.165) is 0 Å². The van der Waals surface area contributed by atoms with Crippen molar-refractivity contribution < 1.29 is 13.2 Å². The zero-order chi connectivity index (χ0) is 9.30. The molecule has 0 atom stereocenters. The van der Waals surface area contributed by atoms with E-state index in [1.54, 1.807) is 0 Å². The second-order valence-corrected chi connectivity index (χ2v) is 2.12. The number of pyridine rings is 1. The van der Waals surface area contributed by atoms with Gasteiger partial charge in [-0.05, 0) is 0 Å². The lowest BCUT2D eigenvalue weighted by molar-refractivity contribution is 0.147. The molecule has 4 N–H and O–H groups in total. The lowest BCUT2D eigenvalue weighted by atomic mass is 10.2. The van der Waals surface area contributed by atoms with Crippen LogP contribution < -0.4 is 11.5 Å². The summed E-state index contributed by atoms with van der Waals surface area (Å²) in [5.41, 5.74) is 8.79. The minimum absolute atomic E-state index is 0.285. The van der Waals surface area contributed by atoms with Crippen LogP contribution in [0.25, 0.3) is 0 Å². The number of hydrogen-bond donors (Lipinski definition) is 2. The van der Waals surface area contributed by atoms with Gasteiger partial charge >= 0.3 is 0 Å². The third-order valence-electron chi connectivity index (χ3n) is 1.36. The Labute approximate surface area is 66.2 Å². The first-order valence-corrected chi connectivity index (χ1v) is 3.01. The predicted molar refractivity (Wildman–Crippen MR) is 38.0 cm³/mol. The zero-order valence-corrected chi connectivity index (χ0v) is 5.89. The molecule has 12 heavy (non-hydrogen) atoms. The highest BCUT2D eigenvalue weighted by atomic mass is 19.3. The summed E-state index contributed by atoms with van der Waals surface area (Å²) >= 11 is 0. The van der Waals surface area contributed by atoms with Crippen LogP contribution in [-0.4, -0.2) is 4.98 Å². The van der Waals surface area contributed by atoms with Gasteiger partial charge in [0, 0.05) is 0 Å². The number of anilines is 2. The monoisotopic (exact) mass is 177 g/mol. The molecule has 0 fully saturated rings. The number of halogens is 3. The minimum Gasteiger partial charge on any atom is -0.395 e. The van der Waals surface area contributed by atoms with Gasteiger partial charge in [-0.25, -0.2) is 18.2 Å². The molecule has 0 amide bonds. The van der Waals surface area contributed by atoms with Crippen LogP contribution in [0, 0.1) is 5.82 Å². The van der Waals surface area contributed by atoms with Crippen LogP contribution >= 0.6 is 0 Å². The van der Waals surface area contributed by atoms with Gasteiger partial charge in [-0.15, -0.1) is 0 Å². The summed E-state index contributed by atoms with van der Waals surface area (Å²) in [6.45, 7) is 0. The number of alkyl halides is 2. The van der Waals surface area contributed by atoms with E-state index >= 15 is 0 Å². The molecule has 0 aliphatic heterocycles. The standard InChI is InChI=1S/C6H6F3N3/c7-2-1-12-6(11)4(10)3(2)5(8)9/h1,5H,10H2,(H2,11,12). The quantitative estimate of drug-likeness (QED) is 0.679. The van der Waals surface area contributed by atoms with E-state index in [4.69, 9.17) is 11.5 Å². The first-order valence-electron chi connectivity index (χ1n) is 3.01. The van der Waals surface area contributed by atoms with E-state index in [-0.39, 0.29) is 5.82 Å². The van der Waals surface area contributed by atoms with Gasteiger partial charge in [-0.2, -0.15) is 0 Å². The highest BCUT2D eigenvalue weighted by Crippen LogP contribution is 2.29. The first-order chi connectivity index (χ1) is 5.54. The van der Waals surface area contributed by atoms with Gasteiger partial charge in [0.15, 0.2) is 5.82 Å². The summed E-state index contributed by atoms with van der Waals surface area (Å²) < 4.78 is 36.7. The second kappa shape index (κ2) is 2.88. The number of nitrogen functional groups attached to an aromatic ring is 2. The molecule has 0 radical (unpaired) electrons. The van der Waals surface area contributed by atoms with E-state index in [1.807, 2.05) is 0 Å². The van der Waals surface area contributed by atoms with E-state index < -0.39 is 23.5 Å². The molecule has 1 aromatic rings. The topological polar surface area (TPSA) is 64.9 Å². The zero-order valence-electron chi connectivity index (χ0n) is 5.89. The summed E-state index contributed by atoms with van der Waals surface area (Å²) in [6.07, 6.45) is -2.36. The Kier molecular flexibility index (Phi) is 2.07. The molecule has 1 rings (SSSR count). The minimum atomic E-state index is -2.98. The van der Waals surface area contributed by atoms with Gasteiger partial charge in [-0.3, -0.25) is 0 Å². The van der Waals surface area contributed by atoms with Gasteiger partial charge < -0.3 is 11.5 Å². The average Bonchev–Trinajstić information content (AvgIpc) is 1.97. The number of rotatable bonds is 1. The van der Waals surface area contributed by atoms with E-state index in [1.165, 1.54) is 0 Å². The molecular weight excluding hydrogens is 171 g/mol. The van der Waals surface area contributed by atoms with Crippen LogP contribution in [0.1, 0.15) is 12.0 Å². The van der Waals surface area contributed by atoms with Crippen molar-refractivity contribution in [3.8, 4) is 0 Å². The van der Waals surface area contributed by atoms with Crippen LogP contribution in [0.3, 0.4) is 0 Å². The largest absolute Gasteiger partial charge is 0.395 e. The molecule has 0 aliphatic carbocycles. The molecule has 0 unspecified atom stereocenters. The molecular formula is C6H6F3N3. The third kappa shape index (κ3) is 1.27. The Morgan fingerprint density at radius 3 is 2.33 bits per heavy atom. The molecule has 0 spiro atoms. The fraction of sp³-hybridized carbons (Fsp3) is 0.167. The Hall–Kier alpha value is -1.46. The van der Waals surface area contributed by atoms with E-state index in [0.29, 0.717) is 6.20 Å². The van der Waals surface area contributed by atoms with Crippen molar-refractivity contribution in [3.63, 3.8) is 0 Å². The molecule has 1 heterocycles. The Bertz CT molecular complexity index is 300. The number of hydrogen-bond acceptors (Lipinski definition) is 3. The summed E-state index contributed by atoms with van der Waals surface area (Å²) in [5.74, 6) is -1.43. The van der Waals surface area contributed by atoms with Crippen LogP contribution in [-0.2, 0) is 0 Å². The highest BCUT2D eigenvalue weighted by Gasteiger charge is 2.19. The van der Waals surface area contributed by atoms with Crippen LogP contribution in [0.2, 0.25) is 0 Å². The van der Waals surface area contributed by atoms with Gasteiger partial charge in [0.2, 0.25) is 0 Å². The van der Waals surface area contributed by atoms with Crippen molar-refractivity contribution in [1.82, 2.24) is 4.98 Å². The summed E-state index contributed by atoms with van der Waals surface area (Å²) in [6, 6.07) is 0. The van der Waals surface area contributed by atoms with E-state index in [9.17, 15) is 13.2 Å². The smallest absolute Gasteiger partial charge is 0.268 e. The normalized spacial score (nSPS) is 10.7. The summed E-state index contributed by atoms with van der Waals surface area (Å²) in [5, 5.41) is 0. The molecule has 0 aromatic carbocycles. The Balaban J connectivity index is 3.33. The molecule has 6 heteroatoms. The number of aromatic nitrogens is 1. The van der Waals surface area contributed by atoms with Crippen LogP contribution in [0.4, 0.5) is 24.7 Å². The Morgan fingerprint density at radius 1 is 1.33 bits per heavy atom. The summed E-state index contributed by atoms with van der Waals surface area (Å²) in [7, 11) is 0.